The summed E-state index contributed by atoms with van der Waals surface area (Å²) in [5.41, 5.74) is 7.47. The van der Waals surface area contributed by atoms with Crippen LogP contribution in [0.1, 0.15) is 60.2 Å². The molecular weight excluding hydrogens is 482 g/mol. The molecule has 3 aromatic carbocycles. The van der Waals surface area contributed by atoms with Crippen LogP contribution in [-0.4, -0.2) is 27.2 Å². The van der Waals surface area contributed by atoms with E-state index in [0.717, 1.165) is 34.5 Å². The summed E-state index contributed by atoms with van der Waals surface area (Å²) >= 11 is 0. The molecule has 5 heteroatoms. The monoisotopic (exact) mass is 519 g/mol. The van der Waals surface area contributed by atoms with Crippen molar-refractivity contribution in [1.82, 2.24) is 14.9 Å². The second-order valence-electron chi connectivity index (χ2n) is 11.0. The van der Waals surface area contributed by atoms with E-state index in [1.807, 2.05) is 37.3 Å². The molecule has 2 N–H and O–H groups in total. The topological polar surface area (TPSA) is 67.2 Å². The van der Waals surface area contributed by atoms with Gasteiger partial charge in [0.15, 0.2) is 0 Å². The van der Waals surface area contributed by atoms with Crippen molar-refractivity contribution >= 4 is 27.8 Å². The van der Waals surface area contributed by atoms with Gasteiger partial charge in [-0.3, -0.25) is 4.79 Å². The smallest absolute Gasteiger partial charge is 0.228 e. The van der Waals surface area contributed by atoms with Crippen LogP contribution in [0.2, 0.25) is 0 Å². The first-order valence-corrected chi connectivity index (χ1v) is 13.8. The third-order valence-corrected chi connectivity index (χ3v) is 7.49. The number of nitrogens with zero attached hydrogens (tertiary/aromatic N) is 2. The van der Waals surface area contributed by atoms with Gasteiger partial charge in [-0.15, -0.1) is 0 Å². The van der Waals surface area contributed by atoms with E-state index in [2.05, 4.69) is 85.3 Å². The third-order valence-electron chi connectivity index (χ3n) is 7.49. The van der Waals surface area contributed by atoms with Crippen LogP contribution < -0.4 is 5.32 Å². The second-order valence-corrected chi connectivity index (χ2v) is 11.0. The molecule has 0 aliphatic rings. The zero-order chi connectivity index (χ0) is 27.5. The summed E-state index contributed by atoms with van der Waals surface area (Å²) in [6, 6.07) is 28.3. The number of aryl methyl sites for hydroxylation is 2. The zero-order valence-corrected chi connectivity index (χ0v) is 23.2. The minimum Gasteiger partial charge on any atom is -0.394 e. The number of para-hydroxylation sites is 1. The molecule has 0 fully saturated rings. The Bertz CT molecular complexity index is 1590. The number of aliphatic hydroxyl groups excluding tert-OH is 1. The molecule has 0 saturated carbocycles. The van der Waals surface area contributed by atoms with E-state index in [4.69, 9.17) is 4.98 Å². The van der Waals surface area contributed by atoms with Gasteiger partial charge in [-0.2, -0.15) is 0 Å². The van der Waals surface area contributed by atoms with Crippen LogP contribution in [0.4, 0.5) is 0 Å². The van der Waals surface area contributed by atoms with Gasteiger partial charge in [-0.05, 0) is 60.6 Å². The number of fused-ring (bicyclic) bond motifs is 3. The second kappa shape index (κ2) is 11.4. The first-order chi connectivity index (χ1) is 18.9. The molecule has 5 nitrogen and oxygen atoms in total. The number of amides is 1. The highest BCUT2D eigenvalue weighted by atomic mass is 16.3. The molecule has 0 saturated heterocycles. The quantitative estimate of drug-likeness (QED) is 0.224. The normalized spacial score (nSPS) is 13.2. The minimum atomic E-state index is -0.428. The van der Waals surface area contributed by atoms with Crippen LogP contribution in [0, 0.1) is 19.8 Å². The lowest BCUT2D eigenvalue weighted by atomic mass is 9.88. The molecule has 5 rings (SSSR count). The average molecular weight is 520 g/mol. The summed E-state index contributed by atoms with van der Waals surface area (Å²) in [5.74, 6) is -0.00574. The molecule has 2 heterocycles. The Balaban J connectivity index is 1.43. The number of benzene rings is 3. The Morgan fingerprint density at radius 2 is 1.62 bits per heavy atom. The van der Waals surface area contributed by atoms with Crippen molar-refractivity contribution in [3.63, 3.8) is 0 Å². The molecule has 5 aromatic rings. The van der Waals surface area contributed by atoms with Crippen LogP contribution in [0.5, 0.6) is 0 Å². The van der Waals surface area contributed by atoms with Gasteiger partial charge in [0.25, 0.3) is 0 Å². The Morgan fingerprint density at radius 1 is 0.923 bits per heavy atom. The van der Waals surface area contributed by atoms with Crippen LogP contribution in [0.25, 0.3) is 21.9 Å². The van der Waals surface area contributed by atoms with Gasteiger partial charge in [0.2, 0.25) is 5.91 Å². The van der Waals surface area contributed by atoms with E-state index >= 15 is 0 Å². The van der Waals surface area contributed by atoms with E-state index < -0.39 is 6.04 Å². The summed E-state index contributed by atoms with van der Waals surface area (Å²) in [7, 11) is 0. The van der Waals surface area contributed by atoms with Crippen molar-refractivity contribution in [3.05, 3.63) is 113 Å². The SMILES string of the molecule is Cc1cc(C)c2c3ccccc3n(Cc3ccc(C(CC(C)C)C(=O)NC(CO)c4ccccc4)cc3)c2n1. The van der Waals surface area contributed by atoms with E-state index in [-0.39, 0.29) is 18.4 Å². The maximum atomic E-state index is 13.5. The maximum Gasteiger partial charge on any atom is 0.228 e. The van der Waals surface area contributed by atoms with Crippen LogP contribution in [-0.2, 0) is 11.3 Å². The summed E-state index contributed by atoms with van der Waals surface area (Å²) < 4.78 is 2.30. The van der Waals surface area contributed by atoms with Crippen LogP contribution in [0.3, 0.4) is 0 Å². The van der Waals surface area contributed by atoms with Gasteiger partial charge < -0.3 is 15.0 Å². The lowest BCUT2D eigenvalue weighted by molar-refractivity contribution is -0.124. The molecule has 200 valence electrons. The van der Waals surface area contributed by atoms with E-state index in [9.17, 15) is 9.90 Å². The van der Waals surface area contributed by atoms with Gasteiger partial charge in [0, 0.05) is 23.0 Å². The van der Waals surface area contributed by atoms with Crippen molar-refractivity contribution in [2.45, 2.75) is 52.6 Å². The van der Waals surface area contributed by atoms with E-state index in [0.29, 0.717) is 12.5 Å². The number of nitrogens with one attached hydrogen (secondary N) is 1. The molecule has 1 amide bonds. The zero-order valence-electron chi connectivity index (χ0n) is 23.2. The fraction of sp³-hybridized carbons (Fsp3) is 0.294. The number of carbonyl (C=O) groups is 1. The number of aliphatic hydroxyl groups is 1. The average Bonchev–Trinajstić information content (AvgIpc) is 3.24. The number of aromatic nitrogens is 2. The van der Waals surface area contributed by atoms with Crippen LogP contribution in [0.15, 0.2) is 84.9 Å². The molecule has 39 heavy (non-hydrogen) atoms. The molecular formula is C34H37N3O2. The Hall–Kier alpha value is -3.96. The molecule has 2 aromatic heterocycles. The van der Waals surface area contributed by atoms with Crippen molar-refractivity contribution in [2.75, 3.05) is 6.61 Å². The van der Waals surface area contributed by atoms with Gasteiger partial charge in [-0.1, -0.05) is 86.6 Å². The minimum absolute atomic E-state index is 0.0584. The van der Waals surface area contributed by atoms with Crippen molar-refractivity contribution < 1.29 is 9.90 Å². The summed E-state index contributed by atoms with van der Waals surface area (Å²) in [4.78, 5) is 18.4. The molecule has 2 unspecified atom stereocenters. The number of hydrogen-bond acceptors (Lipinski definition) is 3. The number of rotatable bonds is 9. The predicted octanol–water partition coefficient (Wildman–Crippen LogP) is 6.83. The number of carbonyl (C=O) groups excluding carboxylic acids is 1. The van der Waals surface area contributed by atoms with Crippen molar-refractivity contribution in [1.29, 1.82) is 0 Å². The van der Waals surface area contributed by atoms with E-state index in [1.54, 1.807) is 0 Å². The fourth-order valence-electron chi connectivity index (χ4n) is 5.64. The molecule has 0 aliphatic heterocycles. The maximum absolute atomic E-state index is 13.5. The lowest BCUT2D eigenvalue weighted by Crippen LogP contribution is -2.35. The predicted molar refractivity (Wildman–Crippen MR) is 159 cm³/mol. The molecule has 2 atom stereocenters. The largest absolute Gasteiger partial charge is 0.394 e. The number of hydrogen-bond donors (Lipinski definition) is 2. The fourth-order valence-corrected chi connectivity index (χ4v) is 5.64. The summed E-state index contributed by atoms with van der Waals surface area (Å²) in [5, 5.41) is 15.5. The number of pyridine rings is 1. The standard InChI is InChI=1S/C34H37N3O2/c1-22(2)18-29(34(39)36-30(21-38)27-10-6-5-7-11-27)26-16-14-25(15-17-26)20-37-31-13-9-8-12-28(31)32-23(3)19-24(4)35-33(32)37/h5-17,19,22,29-30,38H,18,20-21H2,1-4H3,(H,36,39). The van der Waals surface area contributed by atoms with Gasteiger partial charge in [-0.25, -0.2) is 4.98 Å². The van der Waals surface area contributed by atoms with E-state index in [1.165, 1.54) is 21.9 Å². The highest BCUT2D eigenvalue weighted by Gasteiger charge is 2.25. The molecule has 0 spiro atoms. The molecule has 0 aliphatic carbocycles. The third kappa shape index (κ3) is 5.59. The van der Waals surface area contributed by atoms with Gasteiger partial charge in [0.1, 0.15) is 5.65 Å². The Labute approximate surface area is 230 Å². The van der Waals surface area contributed by atoms with Gasteiger partial charge in [0.05, 0.1) is 24.1 Å². The highest BCUT2D eigenvalue weighted by Crippen LogP contribution is 2.32. The Morgan fingerprint density at radius 3 is 2.31 bits per heavy atom. The summed E-state index contributed by atoms with van der Waals surface area (Å²) in [6.07, 6.45) is 0.730. The molecule has 0 radical (unpaired) electrons. The first-order valence-electron chi connectivity index (χ1n) is 13.8. The van der Waals surface area contributed by atoms with Crippen molar-refractivity contribution in [2.24, 2.45) is 5.92 Å². The van der Waals surface area contributed by atoms with Crippen LogP contribution >= 0.6 is 0 Å². The Kier molecular flexibility index (Phi) is 7.80. The highest BCUT2D eigenvalue weighted by molar-refractivity contribution is 6.08. The summed E-state index contributed by atoms with van der Waals surface area (Å²) in [6.45, 7) is 9.02. The van der Waals surface area contributed by atoms with Gasteiger partial charge >= 0.3 is 0 Å². The van der Waals surface area contributed by atoms with Crippen molar-refractivity contribution in [3.8, 4) is 0 Å². The lowest BCUT2D eigenvalue weighted by Gasteiger charge is -2.23. The molecule has 0 bridgehead atoms. The first kappa shape index (κ1) is 26.6.